The molecule has 4 rings (SSSR count). The van der Waals surface area contributed by atoms with Crippen LogP contribution in [0.25, 0.3) is 10.2 Å². The summed E-state index contributed by atoms with van der Waals surface area (Å²) in [5, 5.41) is 0.946. The molecule has 3 aromatic rings. The van der Waals surface area contributed by atoms with Crippen LogP contribution in [-0.2, 0) is 4.79 Å². The van der Waals surface area contributed by atoms with Crippen molar-refractivity contribution in [2.75, 3.05) is 44.3 Å². The molecule has 152 valence electrons. The molecule has 6 nitrogen and oxygen atoms in total. The third kappa shape index (κ3) is 4.42. The van der Waals surface area contributed by atoms with Crippen molar-refractivity contribution < 1.29 is 18.7 Å². The fourth-order valence-corrected chi connectivity index (χ4v) is 4.27. The molecule has 0 radical (unpaired) electrons. The minimum Gasteiger partial charge on any atom is -0.492 e. The van der Waals surface area contributed by atoms with E-state index in [1.165, 1.54) is 24.3 Å². The van der Waals surface area contributed by atoms with E-state index in [1.807, 2.05) is 25.1 Å². The zero-order valence-electron chi connectivity index (χ0n) is 16.1. The van der Waals surface area contributed by atoms with Crippen LogP contribution in [0.1, 0.15) is 6.92 Å². The Hall–Kier alpha value is -2.87. The molecule has 0 N–H and O–H groups in total. The van der Waals surface area contributed by atoms with Crippen LogP contribution >= 0.6 is 11.3 Å². The average molecular weight is 415 g/mol. The van der Waals surface area contributed by atoms with Gasteiger partial charge in [-0.3, -0.25) is 4.79 Å². The lowest BCUT2D eigenvalue weighted by atomic mass is 10.3. The highest BCUT2D eigenvalue weighted by Gasteiger charge is 2.24. The lowest BCUT2D eigenvalue weighted by molar-refractivity contribution is -0.133. The molecule has 0 bridgehead atoms. The molecule has 0 saturated carbocycles. The standard InChI is InChI=1S/C21H22FN3O3S/c1-2-27-17-4-3-5-18-20(17)23-21(29-18)25-12-10-24(11-13-25)19(26)14-28-16-8-6-15(22)7-9-16/h3-9H,2,10-14H2,1H3. The first-order chi connectivity index (χ1) is 14.1. The molecule has 1 saturated heterocycles. The molecule has 0 aliphatic carbocycles. The van der Waals surface area contributed by atoms with Gasteiger partial charge in [0.2, 0.25) is 0 Å². The van der Waals surface area contributed by atoms with Crippen molar-refractivity contribution in [3.63, 3.8) is 0 Å². The van der Waals surface area contributed by atoms with Crippen molar-refractivity contribution >= 4 is 32.6 Å². The Morgan fingerprint density at radius 2 is 1.86 bits per heavy atom. The fourth-order valence-electron chi connectivity index (χ4n) is 3.23. The molecule has 1 amide bonds. The first-order valence-corrected chi connectivity index (χ1v) is 10.4. The van der Waals surface area contributed by atoms with Gasteiger partial charge in [-0.1, -0.05) is 17.4 Å². The van der Waals surface area contributed by atoms with Gasteiger partial charge in [-0.15, -0.1) is 0 Å². The molecule has 0 atom stereocenters. The van der Waals surface area contributed by atoms with Crippen molar-refractivity contribution in [1.29, 1.82) is 0 Å². The highest BCUT2D eigenvalue weighted by molar-refractivity contribution is 7.22. The zero-order valence-corrected chi connectivity index (χ0v) is 17.0. The van der Waals surface area contributed by atoms with E-state index < -0.39 is 0 Å². The smallest absolute Gasteiger partial charge is 0.260 e. The van der Waals surface area contributed by atoms with Gasteiger partial charge in [-0.05, 0) is 43.3 Å². The summed E-state index contributed by atoms with van der Waals surface area (Å²) in [5.74, 6) is 0.886. The number of para-hydroxylation sites is 1. The summed E-state index contributed by atoms with van der Waals surface area (Å²) in [6.07, 6.45) is 0. The van der Waals surface area contributed by atoms with E-state index in [2.05, 4.69) is 4.90 Å². The van der Waals surface area contributed by atoms with E-state index >= 15 is 0 Å². The van der Waals surface area contributed by atoms with Crippen LogP contribution in [0, 0.1) is 5.82 Å². The van der Waals surface area contributed by atoms with Crippen LogP contribution in [0.3, 0.4) is 0 Å². The summed E-state index contributed by atoms with van der Waals surface area (Å²) in [5.41, 5.74) is 0.889. The molecule has 29 heavy (non-hydrogen) atoms. The van der Waals surface area contributed by atoms with Crippen LogP contribution in [0.5, 0.6) is 11.5 Å². The number of carbonyl (C=O) groups is 1. The number of carbonyl (C=O) groups excluding carboxylic acids is 1. The number of aromatic nitrogens is 1. The molecule has 2 aromatic carbocycles. The first kappa shape index (κ1) is 19.4. The van der Waals surface area contributed by atoms with Crippen LogP contribution in [0.2, 0.25) is 0 Å². The summed E-state index contributed by atoms with van der Waals surface area (Å²) < 4.78 is 25.2. The third-order valence-corrected chi connectivity index (χ3v) is 5.83. The molecule has 0 spiro atoms. The molecule has 2 heterocycles. The Labute approximate surface area is 172 Å². The van der Waals surface area contributed by atoms with Gasteiger partial charge in [0.1, 0.15) is 22.8 Å². The van der Waals surface area contributed by atoms with E-state index in [9.17, 15) is 9.18 Å². The minimum absolute atomic E-state index is 0.0511. The minimum atomic E-state index is -0.331. The van der Waals surface area contributed by atoms with E-state index in [0.717, 1.165) is 21.1 Å². The van der Waals surface area contributed by atoms with Crippen LogP contribution in [-0.4, -0.2) is 55.2 Å². The quantitative estimate of drug-likeness (QED) is 0.616. The normalized spacial score (nSPS) is 14.3. The molecule has 1 aliphatic heterocycles. The summed E-state index contributed by atoms with van der Waals surface area (Å²) in [7, 11) is 0. The summed E-state index contributed by atoms with van der Waals surface area (Å²) in [4.78, 5) is 21.2. The van der Waals surface area contributed by atoms with E-state index in [4.69, 9.17) is 14.5 Å². The number of benzene rings is 2. The van der Waals surface area contributed by atoms with Gasteiger partial charge < -0.3 is 19.3 Å². The van der Waals surface area contributed by atoms with Crippen molar-refractivity contribution in [3.05, 3.63) is 48.3 Å². The van der Waals surface area contributed by atoms with Gasteiger partial charge in [-0.25, -0.2) is 9.37 Å². The number of anilines is 1. The summed E-state index contributed by atoms with van der Waals surface area (Å²) >= 11 is 1.64. The third-order valence-electron chi connectivity index (χ3n) is 4.75. The Bertz CT molecular complexity index is 985. The maximum absolute atomic E-state index is 12.9. The van der Waals surface area contributed by atoms with E-state index in [-0.39, 0.29) is 18.3 Å². The number of thiazole rings is 1. The Morgan fingerprint density at radius 1 is 1.10 bits per heavy atom. The van der Waals surface area contributed by atoms with Gasteiger partial charge in [0, 0.05) is 26.2 Å². The summed E-state index contributed by atoms with van der Waals surface area (Å²) in [6.45, 7) is 5.16. The largest absolute Gasteiger partial charge is 0.492 e. The van der Waals surface area contributed by atoms with Gasteiger partial charge >= 0.3 is 0 Å². The number of fused-ring (bicyclic) bond motifs is 1. The number of piperazine rings is 1. The van der Waals surface area contributed by atoms with Gasteiger partial charge in [0.05, 0.1) is 11.3 Å². The van der Waals surface area contributed by atoms with Crippen LogP contribution < -0.4 is 14.4 Å². The number of amides is 1. The molecule has 1 aromatic heterocycles. The molecular weight excluding hydrogens is 393 g/mol. The second kappa shape index (κ2) is 8.65. The van der Waals surface area contributed by atoms with Gasteiger partial charge in [0.25, 0.3) is 5.91 Å². The first-order valence-electron chi connectivity index (χ1n) is 9.57. The monoisotopic (exact) mass is 415 g/mol. The van der Waals surface area contributed by atoms with E-state index in [0.29, 0.717) is 38.5 Å². The number of hydrogen-bond donors (Lipinski definition) is 0. The molecule has 1 aliphatic rings. The molecular formula is C21H22FN3O3S. The van der Waals surface area contributed by atoms with E-state index in [1.54, 1.807) is 16.2 Å². The maximum atomic E-state index is 12.9. The van der Waals surface area contributed by atoms with Gasteiger partial charge in [-0.2, -0.15) is 0 Å². The molecule has 8 heteroatoms. The fraction of sp³-hybridized carbons (Fsp3) is 0.333. The predicted molar refractivity (Wildman–Crippen MR) is 111 cm³/mol. The number of hydrogen-bond acceptors (Lipinski definition) is 6. The number of rotatable bonds is 6. The second-order valence-corrected chi connectivity index (χ2v) is 7.65. The number of ether oxygens (including phenoxy) is 2. The second-order valence-electron chi connectivity index (χ2n) is 6.64. The maximum Gasteiger partial charge on any atom is 0.260 e. The van der Waals surface area contributed by atoms with Crippen molar-refractivity contribution in [2.45, 2.75) is 6.92 Å². The SMILES string of the molecule is CCOc1cccc2sc(N3CCN(C(=O)COc4ccc(F)cc4)CC3)nc12. The van der Waals surface area contributed by atoms with Crippen LogP contribution in [0.15, 0.2) is 42.5 Å². The van der Waals surface area contributed by atoms with Crippen molar-refractivity contribution in [1.82, 2.24) is 9.88 Å². The topological polar surface area (TPSA) is 54.9 Å². The van der Waals surface area contributed by atoms with Crippen molar-refractivity contribution in [3.8, 4) is 11.5 Å². The highest BCUT2D eigenvalue weighted by Crippen LogP contribution is 2.34. The Balaban J connectivity index is 1.34. The van der Waals surface area contributed by atoms with Crippen molar-refractivity contribution in [2.24, 2.45) is 0 Å². The lowest BCUT2D eigenvalue weighted by Crippen LogP contribution is -2.50. The molecule has 0 unspecified atom stereocenters. The zero-order chi connectivity index (χ0) is 20.2. The summed E-state index contributed by atoms with van der Waals surface area (Å²) in [6, 6.07) is 11.6. The Kier molecular flexibility index (Phi) is 5.80. The number of nitrogens with zero attached hydrogens (tertiary/aromatic N) is 3. The number of halogens is 1. The highest BCUT2D eigenvalue weighted by atomic mass is 32.1. The van der Waals surface area contributed by atoms with Gasteiger partial charge in [0.15, 0.2) is 11.7 Å². The Morgan fingerprint density at radius 3 is 2.59 bits per heavy atom. The van der Waals surface area contributed by atoms with Crippen LogP contribution in [0.4, 0.5) is 9.52 Å². The lowest BCUT2D eigenvalue weighted by Gasteiger charge is -2.34. The predicted octanol–water partition coefficient (Wildman–Crippen LogP) is 3.56. The molecule has 1 fully saturated rings. The average Bonchev–Trinajstić information content (AvgIpc) is 3.19.